The molecule has 0 saturated heterocycles. The Balaban J connectivity index is 4.41. The molecule has 0 aliphatic heterocycles. The van der Waals surface area contributed by atoms with Crippen LogP contribution in [-0.4, -0.2) is 37.2 Å². The molecule has 0 aromatic rings. The Morgan fingerprint density at radius 1 is 0.313 bits per heavy atom. The number of rotatable bonds is 52. The number of ether oxygens (including phenoxy) is 3. The molecule has 0 aromatic heterocycles. The van der Waals surface area contributed by atoms with Crippen molar-refractivity contribution in [3.8, 4) is 0 Å². The van der Waals surface area contributed by atoms with Gasteiger partial charge in [0.05, 0.1) is 0 Å². The lowest BCUT2D eigenvalue weighted by molar-refractivity contribution is -0.167. The van der Waals surface area contributed by atoms with Gasteiger partial charge in [0.2, 0.25) is 0 Å². The van der Waals surface area contributed by atoms with Gasteiger partial charge < -0.3 is 14.2 Å². The zero-order chi connectivity index (χ0) is 48.6. The molecule has 1 unspecified atom stereocenters. The first-order chi connectivity index (χ1) is 33.0. The van der Waals surface area contributed by atoms with Crippen molar-refractivity contribution in [3.63, 3.8) is 0 Å². The molecule has 1 atom stereocenters. The monoisotopic (exact) mass is 937 g/mol. The SMILES string of the molecule is CC/C=C\C/C=C\C/C=C\C/C=C\CCCCC(=O)OCC(COC(=O)CCCCCCCCCCCCCCCCCCCC)OC(=O)CCCCCCC/C=C\CCCCCCCCC. The van der Waals surface area contributed by atoms with E-state index in [1.807, 2.05) is 0 Å². The number of allylic oxidation sites excluding steroid dienone is 10. The molecule has 0 rings (SSSR count). The van der Waals surface area contributed by atoms with Crippen LogP contribution in [0.15, 0.2) is 60.8 Å². The van der Waals surface area contributed by atoms with Crippen LogP contribution < -0.4 is 0 Å². The first kappa shape index (κ1) is 64.1. The lowest BCUT2D eigenvalue weighted by Crippen LogP contribution is -2.30. The van der Waals surface area contributed by atoms with Gasteiger partial charge in [0.1, 0.15) is 13.2 Å². The van der Waals surface area contributed by atoms with Crippen molar-refractivity contribution < 1.29 is 28.6 Å². The summed E-state index contributed by atoms with van der Waals surface area (Å²) >= 11 is 0. The molecule has 0 fully saturated rings. The van der Waals surface area contributed by atoms with Gasteiger partial charge in [0, 0.05) is 19.3 Å². The van der Waals surface area contributed by atoms with Crippen LogP contribution in [0.2, 0.25) is 0 Å². The number of carbonyl (C=O) groups is 3. The highest BCUT2D eigenvalue weighted by Gasteiger charge is 2.19. The van der Waals surface area contributed by atoms with Gasteiger partial charge in [-0.1, -0.05) is 248 Å². The third-order valence-electron chi connectivity index (χ3n) is 12.5. The fourth-order valence-corrected chi connectivity index (χ4v) is 8.19. The van der Waals surface area contributed by atoms with Crippen LogP contribution >= 0.6 is 0 Å². The Labute approximate surface area is 415 Å². The predicted octanol–water partition coefficient (Wildman–Crippen LogP) is 19.2. The van der Waals surface area contributed by atoms with Gasteiger partial charge in [-0.2, -0.15) is 0 Å². The highest BCUT2D eigenvalue weighted by Crippen LogP contribution is 2.16. The van der Waals surface area contributed by atoms with Gasteiger partial charge in [-0.15, -0.1) is 0 Å². The molecule has 0 heterocycles. The molecule has 0 aromatic carbocycles. The number of hydrogen-bond donors (Lipinski definition) is 0. The molecule has 0 amide bonds. The standard InChI is InChI=1S/C61H108O6/c1-4-7-10-13-16-19-22-25-28-30-31-34-36-39-42-45-48-51-54-60(63)66-57-58(56-65-59(62)53-50-47-44-41-38-35-32-27-24-21-18-15-12-9-6-3)67-61(64)55-52-49-46-43-40-37-33-29-26-23-20-17-14-11-8-5-2/h9,12,18,21,27,29,32-33,38,41,58H,4-8,10-11,13-17,19-20,22-26,28,30-31,34-37,39-40,42-57H2,1-3H3/b12-9-,21-18-,32-27-,33-29-,41-38-. The van der Waals surface area contributed by atoms with E-state index in [0.717, 1.165) is 96.3 Å². The van der Waals surface area contributed by atoms with E-state index in [4.69, 9.17) is 14.2 Å². The number of unbranched alkanes of at least 4 members (excludes halogenated alkanes) is 31. The second-order valence-electron chi connectivity index (χ2n) is 19.2. The van der Waals surface area contributed by atoms with Gasteiger partial charge in [-0.05, 0) is 83.5 Å². The molecule has 0 aliphatic rings. The van der Waals surface area contributed by atoms with Crippen molar-refractivity contribution in [2.45, 2.75) is 297 Å². The van der Waals surface area contributed by atoms with Crippen LogP contribution in [0.25, 0.3) is 0 Å². The Morgan fingerprint density at radius 3 is 0.955 bits per heavy atom. The molecular weight excluding hydrogens is 829 g/mol. The Hall–Kier alpha value is -2.89. The van der Waals surface area contributed by atoms with E-state index in [9.17, 15) is 14.4 Å². The zero-order valence-electron chi connectivity index (χ0n) is 44.4. The van der Waals surface area contributed by atoms with Gasteiger partial charge in [0.15, 0.2) is 6.10 Å². The van der Waals surface area contributed by atoms with E-state index in [1.165, 1.54) is 154 Å². The number of esters is 3. The first-order valence-corrected chi connectivity index (χ1v) is 28.8. The van der Waals surface area contributed by atoms with Crippen molar-refractivity contribution >= 4 is 17.9 Å². The average Bonchev–Trinajstić information content (AvgIpc) is 3.33. The fraction of sp³-hybridized carbons (Fsp3) is 0.787. The van der Waals surface area contributed by atoms with Crippen molar-refractivity contribution in [2.75, 3.05) is 13.2 Å². The van der Waals surface area contributed by atoms with Crippen LogP contribution in [0.4, 0.5) is 0 Å². The van der Waals surface area contributed by atoms with Crippen molar-refractivity contribution in [3.05, 3.63) is 60.8 Å². The Bertz CT molecular complexity index is 1210. The largest absolute Gasteiger partial charge is 0.462 e. The molecule has 0 spiro atoms. The second kappa shape index (κ2) is 55.7. The van der Waals surface area contributed by atoms with E-state index >= 15 is 0 Å². The van der Waals surface area contributed by atoms with Gasteiger partial charge in [0.25, 0.3) is 0 Å². The van der Waals surface area contributed by atoms with Gasteiger partial charge in [-0.25, -0.2) is 0 Å². The highest BCUT2D eigenvalue weighted by molar-refractivity contribution is 5.71. The van der Waals surface area contributed by atoms with Gasteiger partial charge in [-0.3, -0.25) is 14.4 Å². The molecule has 0 N–H and O–H groups in total. The molecule has 0 saturated carbocycles. The predicted molar refractivity (Wildman–Crippen MR) is 288 cm³/mol. The van der Waals surface area contributed by atoms with Crippen molar-refractivity contribution in [2.24, 2.45) is 0 Å². The molecule has 388 valence electrons. The maximum atomic E-state index is 12.8. The molecular formula is C61H108O6. The lowest BCUT2D eigenvalue weighted by atomic mass is 10.0. The summed E-state index contributed by atoms with van der Waals surface area (Å²) in [5, 5.41) is 0. The van der Waals surface area contributed by atoms with Crippen LogP contribution in [0.1, 0.15) is 290 Å². The highest BCUT2D eigenvalue weighted by atomic mass is 16.6. The third-order valence-corrected chi connectivity index (χ3v) is 12.5. The van der Waals surface area contributed by atoms with Crippen LogP contribution in [0.5, 0.6) is 0 Å². The number of hydrogen-bond acceptors (Lipinski definition) is 6. The summed E-state index contributed by atoms with van der Waals surface area (Å²) in [6.07, 6.45) is 69.3. The molecule has 0 bridgehead atoms. The lowest BCUT2D eigenvalue weighted by Gasteiger charge is -2.18. The maximum Gasteiger partial charge on any atom is 0.306 e. The number of carbonyl (C=O) groups excluding carboxylic acids is 3. The minimum atomic E-state index is -0.794. The summed E-state index contributed by atoms with van der Waals surface area (Å²) in [6, 6.07) is 0. The topological polar surface area (TPSA) is 78.9 Å². The summed E-state index contributed by atoms with van der Waals surface area (Å²) < 4.78 is 16.8. The Morgan fingerprint density at radius 2 is 0.582 bits per heavy atom. The summed E-state index contributed by atoms with van der Waals surface area (Å²) in [6.45, 7) is 6.51. The first-order valence-electron chi connectivity index (χ1n) is 28.8. The van der Waals surface area contributed by atoms with Crippen molar-refractivity contribution in [1.29, 1.82) is 0 Å². The van der Waals surface area contributed by atoms with E-state index in [0.29, 0.717) is 19.3 Å². The van der Waals surface area contributed by atoms with Crippen LogP contribution in [0.3, 0.4) is 0 Å². The van der Waals surface area contributed by atoms with Gasteiger partial charge >= 0.3 is 17.9 Å². The zero-order valence-corrected chi connectivity index (χ0v) is 44.4. The van der Waals surface area contributed by atoms with Crippen LogP contribution in [0, 0.1) is 0 Å². The third kappa shape index (κ3) is 53.9. The molecule has 0 radical (unpaired) electrons. The minimum Gasteiger partial charge on any atom is -0.462 e. The summed E-state index contributed by atoms with van der Waals surface area (Å²) in [4.78, 5) is 38.1. The minimum absolute atomic E-state index is 0.0881. The fourth-order valence-electron chi connectivity index (χ4n) is 8.19. The molecule has 6 heteroatoms. The van der Waals surface area contributed by atoms with E-state index < -0.39 is 6.10 Å². The maximum absolute atomic E-state index is 12.8. The summed E-state index contributed by atoms with van der Waals surface area (Å²) in [7, 11) is 0. The van der Waals surface area contributed by atoms with E-state index in [1.54, 1.807) is 0 Å². The summed E-state index contributed by atoms with van der Waals surface area (Å²) in [5.74, 6) is -0.928. The quantitative estimate of drug-likeness (QED) is 0.0262. The molecule has 0 aliphatic carbocycles. The normalized spacial score (nSPS) is 12.5. The smallest absolute Gasteiger partial charge is 0.306 e. The van der Waals surface area contributed by atoms with E-state index in [-0.39, 0.29) is 31.1 Å². The van der Waals surface area contributed by atoms with E-state index in [2.05, 4.69) is 81.5 Å². The second-order valence-corrected chi connectivity index (χ2v) is 19.2. The van der Waals surface area contributed by atoms with Crippen molar-refractivity contribution in [1.82, 2.24) is 0 Å². The Kier molecular flexibility index (Phi) is 53.3. The summed E-state index contributed by atoms with van der Waals surface area (Å²) in [5.41, 5.74) is 0. The molecule has 67 heavy (non-hydrogen) atoms. The van der Waals surface area contributed by atoms with Crippen LogP contribution in [-0.2, 0) is 28.6 Å². The average molecular weight is 938 g/mol. The molecule has 6 nitrogen and oxygen atoms in total.